The van der Waals surface area contributed by atoms with Gasteiger partial charge in [0.25, 0.3) is 0 Å². The molecule has 0 radical (unpaired) electrons. The normalized spacial score (nSPS) is 22.8. The fourth-order valence-electron chi connectivity index (χ4n) is 2.54. The first-order valence-electron chi connectivity index (χ1n) is 6.40. The zero-order valence-electron chi connectivity index (χ0n) is 11.0. The van der Waals surface area contributed by atoms with Crippen LogP contribution in [0.1, 0.15) is 46.5 Å². The second-order valence-electron chi connectivity index (χ2n) is 5.10. The molecule has 1 rings (SSSR count). The third-order valence-corrected chi connectivity index (χ3v) is 3.96. The van der Waals surface area contributed by atoms with E-state index in [1.165, 1.54) is 32.8 Å². The Balaban J connectivity index is 2.37. The predicted octanol–water partition coefficient (Wildman–Crippen LogP) is 2.35. The second-order valence-corrected chi connectivity index (χ2v) is 5.10. The maximum atomic E-state index is 11.4. The van der Waals surface area contributed by atoms with Gasteiger partial charge in [0.1, 0.15) is 0 Å². The van der Waals surface area contributed by atoms with Crippen LogP contribution in [0.15, 0.2) is 0 Å². The minimum atomic E-state index is -0.126. The molecule has 0 heterocycles. The van der Waals surface area contributed by atoms with Crippen LogP contribution in [-0.2, 0) is 9.53 Å². The largest absolute Gasteiger partial charge is 0.469 e. The van der Waals surface area contributed by atoms with Crippen molar-refractivity contribution in [2.24, 2.45) is 11.8 Å². The van der Waals surface area contributed by atoms with Gasteiger partial charge < -0.3 is 10.1 Å². The Bertz CT molecular complexity index is 224. The van der Waals surface area contributed by atoms with Gasteiger partial charge in [-0.25, -0.2) is 0 Å². The Morgan fingerprint density at radius 2 is 1.81 bits per heavy atom. The molecule has 0 saturated heterocycles. The molecule has 3 unspecified atom stereocenters. The lowest BCUT2D eigenvalue weighted by Crippen LogP contribution is -2.44. The van der Waals surface area contributed by atoms with Crippen molar-refractivity contribution in [3.8, 4) is 0 Å². The summed E-state index contributed by atoms with van der Waals surface area (Å²) in [6, 6.07) is 0.688. The van der Waals surface area contributed by atoms with E-state index in [-0.39, 0.29) is 17.9 Å². The number of nitrogens with one attached hydrogen (secondary N) is 1. The van der Waals surface area contributed by atoms with E-state index < -0.39 is 0 Å². The van der Waals surface area contributed by atoms with Gasteiger partial charge in [-0.1, -0.05) is 19.8 Å². The molecule has 16 heavy (non-hydrogen) atoms. The molecule has 1 fully saturated rings. The van der Waals surface area contributed by atoms with Crippen LogP contribution in [0, 0.1) is 11.8 Å². The van der Waals surface area contributed by atoms with Crippen molar-refractivity contribution in [1.82, 2.24) is 5.32 Å². The van der Waals surface area contributed by atoms with Crippen LogP contribution in [0.4, 0.5) is 0 Å². The molecule has 0 aliphatic heterocycles. The SMILES string of the molecule is COC(=O)C(C)C(C)NC(C)C1CCCC1. The quantitative estimate of drug-likeness (QED) is 0.733. The average Bonchev–Trinajstić information content (AvgIpc) is 2.80. The van der Waals surface area contributed by atoms with Crippen molar-refractivity contribution in [3.63, 3.8) is 0 Å². The highest BCUT2D eigenvalue weighted by Crippen LogP contribution is 2.28. The predicted molar refractivity (Wildman–Crippen MR) is 65.2 cm³/mol. The molecule has 1 saturated carbocycles. The minimum absolute atomic E-state index is 0.0751. The summed E-state index contributed by atoms with van der Waals surface area (Å²) in [5.41, 5.74) is 0. The van der Waals surface area contributed by atoms with Crippen molar-refractivity contribution < 1.29 is 9.53 Å². The van der Waals surface area contributed by atoms with Gasteiger partial charge in [0.2, 0.25) is 0 Å². The summed E-state index contributed by atoms with van der Waals surface area (Å²) >= 11 is 0. The molecule has 94 valence electrons. The number of hydrogen-bond donors (Lipinski definition) is 1. The van der Waals surface area contributed by atoms with Crippen LogP contribution in [0.3, 0.4) is 0 Å². The first-order chi connectivity index (χ1) is 7.56. The van der Waals surface area contributed by atoms with Crippen LogP contribution < -0.4 is 5.32 Å². The summed E-state index contributed by atoms with van der Waals surface area (Å²) < 4.78 is 4.76. The summed E-state index contributed by atoms with van der Waals surface area (Å²) in [6.45, 7) is 6.22. The van der Waals surface area contributed by atoms with Gasteiger partial charge in [0, 0.05) is 12.1 Å². The van der Waals surface area contributed by atoms with Crippen LogP contribution in [0.5, 0.6) is 0 Å². The number of rotatable bonds is 5. The van der Waals surface area contributed by atoms with Crippen molar-refractivity contribution in [2.75, 3.05) is 7.11 Å². The molecule has 1 aliphatic rings. The number of methoxy groups -OCH3 is 1. The van der Waals surface area contributed by atoms with Gasteiger partial charge in [0.05, 0.1) is 13.0 Å². The molecule has 0 aromatic rings. The molecule has 3 heteroatoms. The van der Waals surface area contributed by atoms with Crippen LogP contribution >= 0.6 is 0 Å². The molecule has 0 spiro atoms. The maximum Gasteiger partial charge on any atom is 0.309 e. The van der Waals surface area contributed by atoms with Crippen LogP contribution in [0.25, 0.3) is 0 Å². The molecule has 0 amide bonds. The Labute approximate surface area is 98.9 Å². The van der Waals surface area contributed by atoms with E-state index in [4.69, 9.17) is 4.74 Å². The van der Waals surface area contributed by atoms with E-state index in [2.05, 4.69) is 19.2 Å². The second kappa shape index (κ2) is 6.24. The highest BCUT2D eigenvalue weighted by Gasteiger charge is 2.26. The molecule has 1 aliphatic carbocycles. The molecule has 0 aromatic heterocycles. The first-order valence-corrected chi connectivity index (χ1v) is 6.40. The molecule has 3 atom stereocenters. The monoisotopic (exact) mass is 227 g/mol. The molecular formula is C13H25NO2. The third kappa shape index (κ3) is 3.48. The van der Waals surface area contributed by atoms with Crippen LogP contribution in [-0.4, -0.2) is 25.2 Å². The fourth-order valence-corrected chi connectivity index (χ4v) is 2.54. The zero-order valence-corrected chi connectivity index (χ0v) is 11.0. The Morgan fingerprint density at radius 3 is 2.31 bits per heavy atom. The van der Waals surface area contributed by atoms with Gasteiger partial charge >= 0.3 is 5.97 Å². The summed E-state index contributed by atoms with van der Waals surface area (Å²) in [6.07, 6.45) is 5.37. The fraction of sp³-hybridized carbons (Fsp3) is 0.923. The lowest BCUT2D eigenvalue weighted by Gasteiger charge is -2.27. The average molecular weight is 227 g/mol. The highest BCUT2D eigenvalue weighted by atomic mass is 16.5. The van der Waals surface area contributed by atoms with Gasteiger partial charge in [-0.3, -0.25) is 4.79 Å². The number of esters is 1. The maximum absolute atomic E-state index is 11.4. The standard InChI is InChI=1S/C13H25NO2/c1-9(13(15)16-4)10(2)14-11(3)12-7-5-6-8-12/h9-12,14H,5-8H2,1-4H3. The van der Waals surface area contributed by atoms with Crippen LogP contribution in [0.2, 0.25) is 0 Å². The van der Waals surface area contributed by atoms with Crippen molar-refractivity contribution in [1.29, 1.82) is 0 Å². The van der Waals surface area contributed by atoms with E-state index in [0.717, 1.165) is 5.92 Å². The molecule has 3 nitrogen and oxygen atoms in total. The summed E-state index contributed by atoms with van der Waals surface area (Å²) in [5.74, 6) is 0.583. The number of carbonyl (C=O) groups is 1. The lowest BCUT2D eigenvalue weighted by atomic mass is 9.96. The van der Waals surface area contributed by atoms with E-state index in [1.807, 2.05) is 6.92 Å². The number of hydrogen-bond acceptors (Lipinski definition) is 3. The summed E-state index contributed by atoms with van der Waals surface area (Å²) in [7, 11) is 1.45. The smallest absolute Gasteiger partial charge is 0.309 e. The molecular weight excluding hydrogens is 202 g/mol. The summed E-state index contributed by atoms with van der Waals surface area (Å²) in [4.78, 5) is 11.4. The third-order valence-electron chi connectivity index (χ3n) is 3.96. The summed E-state index contributed by atoms with van der Waals surface area (Å²) in [5, 5.41) is 3.54. The number of carbonyl (C=O) groups excluding carboxylic acids is 1. The van der Waals surface area contributed by atoms with Crippen molar-refractivity contribution in [3.05, 3.63) is 0 Å². The highest BCUT2D eigenvalue weighted by molar-refractivity contribution is 5.72. The topological polar surface area (TPSA) is 38.3 Å². The van der Waals surface area contributed by atoms with E-state index >= 15 is 0 Å². The van der Waals surface area contributed by atoms with Gasteiger partial charge in [-0.15, -0.1) is 0 Å². The van der Waals surface area contributed by atoms with Gasteiger partial charge in [-0.05, 0) is 32.6 Å². The zero-order chi connectivity index (χ0) is 12.1. The lowest BCUT2D eigenvalue weighted by molar-refractivity contribution is -0.145. The van der Waals surface area contributed by atoms with E-state index in [0.29, 0.717) is 6.04 Å². The first kappa shape index (κ1) is 13.5. The minimum Gasteiger partial charge on any atom is -0.469 e. The Kier molecular flexibility index (Phi) is 5.26. The van der Waals surface area contributed by atoms with Crippen molar-refractivity contribution in [2.45, 2.75) is 58.5 Å². The van der Waals surface area contributed by atoms with E-state index in [9.17, 15) is 4.79 Å². The molecule has 1 N–H and O–H groups in total. The molecule has 0 aromatic carbocycles. The number of ether oxygens (including phenoxy) is 1. The van der Waals surface area contributed by atoms with Crippen molar-refractivity contribution >= 4 is 5.97 Å². The Hall–Kier alpha value is -0.570. The molecule has 0 bridgehead atoms. The van der Waals surface area contributed by atoms with Gasteiger partial charge in [0.15, 0.2) is 0 Å². The van der Waals surface area contributed by atoms with Gasteiger partial charge in [-0.2, -0.15) is 0 Å². The van der Waals surface area contributed by atoms with E-state index in [1.54, 1.807) is 0 Å². The Morgan fingerprint density at radius 1 is 1.25 bits per heavy atom.